The zero-order chi connectivity index (χ0) is 22.5. The molecule has 1 aliphatic heterocycles. The van der Waals surface area contributed by atoms with Crippen LogP contribution in [0.2, 0.25) is 0 Å². The first-order chi connectivity index (χ1) is 15.6. The Bertz CT molecular complexity index is 973. The van der Waals surface area contributed by atoms with Gasteiger partial charge in [-0.1, -0.05) is 31.7 Å². The van der Waals surface area contributed by atoms with E-state index in [0.29, 0.717) is 42.5 Å². The first kappa shape index (κ1) is 22.2. The summed E-state index contributed by atoms with van der Waals surface area (Å²) < 4.78 is 0. The molecule has 1 aromatic heterocycles. The van der Waals surface area contributed by atoms with E-state index in [1.807, 2.05) is 30.3 Å². The minimum absolute atomic E-state index is 0.0830. The van der Waals surface area contributed by atoms with E-state index in [1.165, 1.54) is 5.01 Å². The van der Waals surface area contributed by atoms with Gasteiger partial charge in [0.1, 0.15) is 6.04 Å². The Hall–Kier alpha value is -3.04. The van der Waals surface area contributed by atoms with Gasteiger partial charge in [0, 0.05) is 18.1 Å². The van der Waals surface area contributed by atoms with E-state index in [1.54, 1.807) is 6.20 Å². The number of rotatable bonds is 8. The monoisotopic (exact) mass is 439 g/mol. The van der Waals surface area contributed by atoms with Crippen LogP contribution in [0.1, 0.15) is 38.5 Å². The third-order valence-electron chi connectivity index (χ3n) is 6.43. The number of anilines is 1. The van der Waals surface area contributed by atoms with Gasteiger partial charge in [-0.25, -0.2) is 10.5 Å². The third kappa shape index (κ3) is 4.89. The number of carbonyl (C=O) groups is 3. The van der Waals surface area contributed by atoms with E-state index in [9.17, 15) is 19.6 Å². The maximum absolute atomic E-state index is 13.4. The Morgan fingerprint density at radius 1 is 1.25 bits per heavy atom. The molecule has 1 aromatic carbocycles. The summed E-state index contributed by atoms with van der Waals surface area (Å²) in [7, 11) is 0. The van der Waals surface area contributed by atoms with Gasteiger partial charge in [-0.15, -0.1) is 0 Å². The molecule has 0 spiro atoms. The van der Waals surface area contributed by atoms with Gasteiger partial charge in [0.15, 0.2) is 0 Å². The predicted octanol–water partition coefficient (Wildman–Crippen LogP) is 2.32. The van der Waals surface area contributed by atoms with E-state index in [2.05, 4.69) is 15.7 Å². The van der Waals surface area contributed by atoms with Crippen molar-refractivity contribution in [3.63, 3.8) is 0 Å². The van der Waals surface area contributed by atoms with Crippen LogP contribution in [0.5, 0.6) is 0 Å². The summed E-state index contributed by atoms with van der Waals surface area (Å²) in [6.07, 6.45) is 7.43. The van der Waals surface area contributed by atoms with E-state index >= 15 is 0 Å². The van der Waals surface area contributed by atoms with Crippen LogP contribution in [-0.2, 0) is 14.4 Å². The lowest BCUT2D eigenvalue weighted by molar-refractivity contribution is -0.159. The molecule has 2 aliphatic rings. The number of aromatic nitrogens is 1. The van der Waals surface area contributed by atoms with Crippen molar-refractivity contribution in [3.8, 4) is 0 Å². The number of nitrogens with zero attached hydrogens (tertiary/aromatic N) is 3. The minimum atomic E-state index is -0.677. The Morgan fingerprint density at radius 2 is 2.06 bits per heavy atom. The van der Waals surface area contributed by atoms with Gasteiger partial charge in [0.25, 0.3) is 0 Å². The van der Waals surface area contributed by atoms with Gasteiger partial charge >= 0.3 is 0 Å². The molecule has 170 valence electrons. The van der Waals surface area contributed by atoms with Gasteiger partial charge in [0.2, 0.25) is 18.2 Å². The van der Waals surface area contributed by atoms with Crippen molar-refractivity contribution in [2.75, 3.05) is 18.4 Å². The van der Waals surface area contributed by atoms with Gasteiger partial charge < -0.3 is 5.32 Å². The molecule has 2 atom stereocenters. The fourth-order valence-electron chi connectivity index (χ4n) is 4.84. The van der Waals surface area contributed by atoms with E-state index < -0.39 is 12.0 Å². The quantitative estimate of drug-likeness (QED) is 0.330. The number of hydroxylamine groups is 2. The van der Waals surface area contributed by atoms with Crippen molar-refractivity contribution >= 4 is 34.8 Å². The lowest BCUT2D eigenvalue weighted by Crippen LogP contribution is -2.51. The van der Waals surface area contributed by atoms with Gasteiger partial charge in [-0.3, -0.25) is 29.6 Å². The second-order valence-electron chi connectivity index (χ2n) is 8.60. The van der Waals surface area contributed by atoms with Gasteiger partial charge in [0.05, 0.1) is 23.7 Å². The van der Waals surface area contributed by atoms with Crippen LogP contribution in [0.25, 0.3) is 10.9 Å². The van der Waals surface area contributed by atoms with Crippen LogP contribution in [-0.4, -0.2) is 57.6 Å². The van der Waals surface area contributed by atoms with Crippen LogP contribution in [0, 0.1) is 11.8 Å². The number of hydrogen-bond acceptors (Lipinski definition) is 6. The van der Waals surface area contributed by atoms with Crippen molar-refractivity contribution in [2.45, 2.75) is 44.6 Å². The van der Waals surface area contributed by atoms with Gasteiger partial charge in [-0.05, 0) is 43.0 Å². The molecule has 0 radical (unpaired) electrons. The molecule has 1 saturated carbocycles. The summed E-state index contributed by atoms with van der Waals surface area (Å²) in [5, 5.41) is 15.4. The first-order valence-electron chi connectivity index (χ1n) is 11.2. The average molecular weight is 440 g/mol. The number of hydrogen-bond donors (Lipinski definition) is 3. The van der Waals surface area contributed by atoms with Crippen molar-refractivity contribution in [2.24, 2.45) is 11.8 Å². The topological polar surface area (TPSA) is 115 Å². The molecule has 2 unspecified atom stereocenters. The molecule has 2 heterocycles. The van der Waals surface area contributed by atoms with E-state index in [-0.39, 0.29) is 18.4 Å². The molecule has 3 amide bonds. The maximum Gasteiger partial charge on any atom is 0.248 e. The predicted molar refractivity (Wildman–Crippen MR) is 118 cm³/mol. The number of nitrogens with one attached hydrogen (secondary N) is 2. The molecule has 3 N–H and O–H groups in total. The summed E-state index contributed by atoms with van der Waals surface area (Å²) in [6.45, 7) is 0.411. The molecule has 0 bridgehead atoms. The normalized spacial score (nSPS) is 19.8. The maximum atomic E-state index is 13.4. The highest BCUT2D eigenvalue weighted by Crippen LogP contribution is 2.32. The average Bonchev–Trinajstić information content (AvgIpc) is 3.50. The van der Waals surface area contributed by atoms with Crippen LogP contribution < -0.4 is 10.7 Å². The lowest BCUT2D eigenvalue weighted by atomic mass is 9.92. The van der Waals surface area contributed by atoms with Crippen LogP contribution in [0.3, 0.4) is 0 Å². The van der Waals surface area contributed by atoms with E-state index in [0.717, 1.165) is 36.6 Å². The Morgan fingerprint density at radius 3 is 2.84 bits per heavy atom. The summed E-state index contributed by atoms with van der Waals surface area (Å²) >= 11 is 0. The Balaban J connectivity index is 1.49. The molecule has 1 aliphatic carbocycles. The number of carbonyl (C=O) groups excluding carboxylic acids is 3. The molecule has 4 rings (SSSR count). The van der Waals surface area contributed by atoms with Crippen molar-refractivity contribution < 1.29 is 19.6 Å². The summed E-state index contributed by atoms with van der Waals surface area (Å²) in [5.41, 5.74) is 4.45. The molecule has 32 heavy (non-hydrogen) atoms. The zero-order valence-corrected chi connectivity index (χ0v) is 17.9. The minimum Gasteiger partial charge on any atom is -0.324 e. The highest BCUT2D eigenvalue weighted by molar-refractivity contribution is 6.04. The van der Waals surface area contributed by atoms with Crippen molar-refractivity contribution in [1.82, 2.24) is 20.5 Å². The number of pyridine rings is 1. The van der Waals surface area contributed by atoms with Crippen molar-refractivity contribution in [3.05, 3.63) is 36.5 Å². The standard InChI is InChI=1S/C23H29N5O4/c29-15-27(32)14-17(13-16-5-1-2-6-16)23(31)28-21(10-12-25-28)22(30)26-20-9-3-8-19-18(20)7-4-11-24-19/h3-4,7-9,11,15-17,21,25,32H,1-2,5-6,10,12-14H2,(H,26,30). The first-order valence-corrected chi connectivity index (χ1v) is 11.2. The number of amides is 3. The van der Waals surface area contributed by atoms with Crippen molar-refractivity contribution in [1.29, 1.82) is 0 Å². The SMILES string of the molecule is O=CN(O)CC(CC1CCCC1)C(=O)N1NCCC1C(=O)Nc1cccc2ncccc12. The van der Waals surface area contributed by atoms with E-state index in [4.69, 9.17) is 0 Å². The summed E-state index contributed by atoms with van der Waals surface area (Å²) in [6, 6.07) is 8.54. The molecular formula is C23H29N5O4. The molecule has 1 saturated heterocycles. The smallest absolute Gasteiger partial charge is 0.248 e. The largest absolute Gasteiger partial charge is 0.324 e. The highest BCUT2D eigenvalue weighted by Gasteiger charge is 2.39. The number of benzene rings is 1. The lowest BCUT2D eigenvalue weighted by Gasteiger charge is -2.30. The molecular weight excluding hydrogens is 410 g/mol. The highest BCUT2D eigenvalue weighted by atomic mass is 16.5. The second-order valence-corrected chi connectivity index (χ2v) is 8.60. The number of fused-ring (bicyclic) bond motifs is 1. The molecule has 9 nitrogen and oxygen atoms in total. The van der Waals surface area contributed by atoms with Gasteiger partial charge in [-0.2, -0.15) is 0 Å². The van der Waals surface area contributed by atoms with Crippen LogP contribution in [0.15, 0.2) is 36.5 Å². The summed E-state index contributed by atoms with van der Waals surface area (Å²) in [4.78, 5) is 41.8. The Labute approximate surface area is 186 Å². The zero-order valence-electron chi connectivity index (χ0n) is 17.9. The second kappa shape index (κ2) is 10.1. The number of hydrazine groups is 1. The molecule has 9 heteroatoms. The molecule has 2 fully saturated rings. The van der Waals surface area contributed by atoms with Crippen LogP contribution in [0.4, 0.5) is 5.69 Å². The fourth-order valence-corrected chi connectivity index (χ4v) is 4.84. The molecule has 2 aromatic rings. The van der Waals surface area contributed by atoms with Crippen LogP contribution >= 0.6 is 0 Å². The summed E-state index contributed by atoms with van der Waals surface area (Å²) in [5.74, 6) is -0.733. The Kier molecular flexibility index (Phi) is 6.96. The fraction of sp³-hybridized carbons (Fsp3) is 0.478. The third-order valence-corrected chi connectivity index (χ3v) is 6.43.